The summed E-state index contributed by atoms with van der Waals surface area (Å²) in [5.41, 5.74) is 2.84. The van der Waals surface area contributed by atoms with Gasteiger partial charge in [-0.15, -0.1) is 11.6 Å². The summed E-state index contributed by atoms with van der Waals surface area (Å²) < 4.78 is 0. The van der Waals surface area contributed by atoms with Crippen LogP contribution < -0.4 is 4.90 Å². The van der Waals surface area contributed by atoms with Crippen molar-refractivity contribution in [1.29, 1.82) is 5.26 Å². The summed E-state index contributed by atoms with van der Waals surface area (Å²) in [7, 11) is 0. The van der Waals surface area contributed by atoms with Crippen LogP contribution in [0, 0.1) is 17.2 Å². The number of hydrogen-bond acceptors (Lipinski definition) is 2. The van der Waals surface area contributed by atoms with Gasteiger partial charge in [-0.1, -0.05) is 13.0 Å². The lowest BCUT2D eigenvalue weighted by atomic mass is 10.1. The number of halogens is 1. The smallest absolute Gasteiger partial charge is 0.101 e. The van der Waals surface area contributed by atoms with Crippen molar-refractivity contribution in [2.45, 2.75) is 32.1 Å². The van der Waals surface area contributed by atoms with Gasteiger partial charge < -0.3 is 4.90 Å². The van der Waals surface area contributed by atoms with Crippen LogP contribution in [0.25, 0.3) is 0 Å². The van der Waals surface area contributed by atoms with Crippen molar-refractivity contribution in [2.75, 3.05) is 18.0 Å². The molecule has 0 bridgehead atoms. The average molecular weight is 263 g/mol. The first-order valence-corrected chi connectivity index (χ1v) is 7.15. The number of alkyl halides is 1. The minimum absolute atomic E-state index is 0.464. The zero-order valence-corrected chi connectivity index (χ0v) is 11.6. The molecule has 1 aromatic carbocycles. The fourth-order valence-electron chi connectivity index (χ4n) is 2.22. The standard InChI is InChI=1S/C15H19ClN2/c1-2-7-18(11-12-3-4-12)15-6-5-13(9-16)8-14(15)10-17/h5-6,8,12H,2-4,7,9,11H2,1H3. The minimum atomic E-state index is 0.464. The monoisotopic (exact) mass is 262 g/mol. The van der Waals surface area contributed by atoms with Crippen molar-refractivity contribution < 1.29 is 0 Å². The Bertz CT molecular complexity index is 446. The highest BCUT2D eigenvalue weighted by atomic mass is 35.5. The van der Waals surface area contributed by atoms with Gasteiger partial charge in [0.05, 0.1) is 11.3 Å². The van der Waals surface area contributed by atoms with Crippen LogP contribution in [0.2, 0.25) is 0 Å². The maximum absolute atomic E-state index is 9.29. The number of nitriles is 1. The van der Waals surface area contributed by atoms with Crippen LogP contribution in [-0.4, -0.2) is 13.1 Å². The van der Waals surface area contributed by atoms with Gasteiger partial charge in [0.2, 0.25) is 0 Å². The minimum Gasteiger partial charge on any atom is -0.370 e. The zero-order chi connectivity index (χ0) is 13.0. The van der Waals surface area contributed by atoms with Gasteiger partial charge in [0.25, 0.3) is 0 Å². The maximum atomic E-state index is 9.29. The Labute approximate surface area is 114 Å². The van der Waals surface area contributed by atoms with E-state index in [0.29, 0.717) is 5.88 Å². The van der Waals surface area contributed by atoms with Gasteiger partial charge in [0.15, 0.2) is 0 Å². The fourth-order valence-corrected chi connectivity index (χ4v) is 2.39. The van der Waals surface area contributed by atoms with Crippen molar-refractivity contribution >= 4 is 17.3 Å². The first kappa shape index (κ1) is 13.2. The second kappa shape index (κ2) is 6.11. The molecule has 0 N–H and O–H groups in total. The van der Waals surface area contributed by atoms with Crippen molar-refractivity contribution in [1.82, 2.24) is 0 Å². The Balaban J connectivity index is 2.24. The summed E-state index contributed by atoms with van der Waals surface area (Å²) in [5.74, 6) is 1.29. The summed E-state index contributed by atoms with van der Waals surface area (Å²) in [5, 5.41) is 9.29. The molecule has 0 amide bonds. The SMILES string of the molecule is CCCN(CC1CC1)c1ccc(CCl)cc1C#N. The van der Waals surface area contributed by atoms with Crippen molar-refractivity contribution in [2.24, 2.45) is 5.92 Å². The van der Waals surface area contributed by atoms with E-state index in [1.165, 1.54) is 12.8 Å². The van der Waals surface area contributed by atoms with Crippen LogP contribution in [0.3, 0.4) is 0 Å². The summed E-state index contributed by atoms with van der Waals surface area (Å²) in [6.45, 7) is 4.28. The molecule has 18 heavy (non-hydrogen) atoms. The van der Waals surface area contributed by atoms with E-state index in [4.69, 9.17) is 11.6 Å². The highest BCUT2D eigenvalue weighted by Gasteiger charge is 2.25. The molecular weight excluding hydrogens is 244 g/mol. The van der Waals surface area contributed by atoms with E-state index in [0.717, 1.165) is 42.2 Å². The normalized spacial score (nSPS) is 14.3. The van der Waals surface area contributed by atoms with Crippen LogP contribution in [0.5, 0.6) is 0 Å². The van der Waals surface area contributed by atoms with Gasteiger partial charge in [0, 0.05) is 19.0 Å². The molecule has 0 radical (unpaired) electrons. The summed E-state index contributed by atoms with van der Waals surface area (Å²) in [6.07, 6.45) is 3.78. The Morgan fingerprint density at radius 1 is 1.44 bits per heavy atom. The van der Waals surface area contributed by atoms with E-state index in [-0.39, 0.29) is 0 Å². The molecule has 0 heterocycles. The van der Waals surface area contributed by atoms with Gasteiger partial charge in [-0.05, 0) is 42.9 Å². The number of rotatable bonds is 6. The molecule has 1 aliphatic carbocycles. The lowest BCUT2D eigenvalue weighted by molar-refractivity contribution is 0.707. The molecule has 2 rings (SSSR count). The highest BCUT2D eigenvalue weighted by Crippen LogP contribution is 2.32. The number of anilines is 1. The predicted molar refractivity (Wildman–Crippen MR) is 75.9 cm³/mol. The van der Waals surface area contributed by atoms with E-state index in [1.54, 1.807) is 0 Å². The van der Waals surface area contributed by atoms with Crippen LogP contribution in [0.4, 0.5) is 5.69 Å². The van der Waals surface area contributed by atoms with Gasteiger partial charge in [0.1, 0.15) is 6.07 Å². The molecule has 1 saturated carbocycles. The van der Waals surface area contributed by atoms with E-state index < -0.39 is 0 Å². The molecule has 1 aromatic rings. The number of hydrogen-bond donors (Lipinski definition) is 0. The molecule has 0 aromatic heterocycles. The second-order valence-electron chi connectivity index (χ2n) is 4.99. The molecule has 2 nitrogen and oxygen atoms in total. The molecule has 0 atom stereocenters. The van der Waals surface area contributed by atoms with Crippen LogP contribution in [0.15, 0.2) is 18.2 Å². The van der Waals surface area contributed by atoms with Crippen LogP contribution in [-0.2, 0) is 5.88 Å². The molecule has 96 valence electrons. The lowest BCUT2D eigenvalue weighted by Crippen LogP contribution is -2.27. The molecule has 1 fully saturated rings. The number of nitrogens with zero attached hydrogens (tertiary/aromatic N) is 2. The highest BCUT2D eigenvalue weighted by molar-refractivity contribution is 6.17. The van der Waals surface area contributed by atoms with Crippen molar-refractivity contribution in [3.05, 3.63) is 29.3 Å². The van der Waals surface area contributed by atoms with Gasteiger partial charge in [-0.25, -0.2) is 0 Å². The summed E-state index contributed by atoms with van der Waals surface area (Å²) in [4.78, 5) is 2.36. The quantitative estimate of drug-likeness (QED) is 0.727. The zero-order valence-electron chi connectivity index (χ0n) is 10.8. The third kappa shape index (κ3) is 3.17. The summed E-state index contributed by atoms with van der Waals surface area (Å²) >= 11 is 5.82. The number of benzene rings is 1. The maximum Gasteiger partial charge on any atom is 0.101 e. The Morgan fingerprint density at radius 2 is 2.22 bits per heavy atom. The average Bonchev–Trinajstić information content (AvgIpc) is 3.21. The summed E-state index contributed by atoms with van der Waals surface area (Å²) in [6, 6.07) is 8.29. The van der Waals surface area contributed by atoms with Gasteiger partial charge in [-0.2, -0.15) is 5.26 Å². The van der Waals surface area contributed by atoms with E-state index in [9.17, 15) is 5.26 Å². The third-order valence-corrected chi connectivity index (χ3v) is 3.65. The molecule has 3 heteroatoms. The lowest BCUT2D eigenvalue weighted by Gasteiger charge is -2.25. The Hall–Kier alpha value is -1.20. The van der Waals surface area contributed by atoms with Crippen LogP contribution >= 0.6 is 11.6 Å². The largest absolute Gasteiger partial charge is 0.370 e. The van der Waals surface area contributed by atoms with Crippen LogP contribution in [0.1, 0.15) is 37.3 Å². The fraction of sp³-hybridized carbons (Fsp3) is 0.533. The molecule has 0 aliphatic heterocycles. The molecule has 0 saturated heterocycles. The topological polar surface area (TPSA) is 27.0 Å². The molecule has 0 unspecified atom stereocenters. The molecule has 1 aliphatic rings. The first-order chi connectivity index (χ1) is 8.78. The molecular formula is C15H19ClN2. The van der Waals surface area contributed by atoms with E-state index in [1.807, 2.05) is 18.2 Å². The Morgan fingerprint density at radius 3 is 2.78 bits per heavy atom. The molecule has 0 spiro atoms. The first-order valence-electron chi connectivity index (χ1n) is 6.62. The third-order valence-electron chi connectivity index (χ3n) is 3.35. The van der Waals surface area contributed by atoms with E-state index >= 15 is 0 Å². The van der Waals surface area contributed by atoms with Crippen molar-refractivity contribution in [3.8, 4) is 6.07 Å². The van der Waals surface area contributed by atoms with E-state index in [2.05, 4.69) is 17.9 Å². The predicted octanol–water partition coefficient (Wildman–Crippen LogP) is 3.92. The van der Waals surface area contributed by atoms with Crippen molar-refractivity contribution in [3.63, 3.8) is 0 Å². The van der Waals surface area contributed by atoms with Gasteiger partial charge >= 0.3 is 0 Å². The Kier molecular flexibility index (Phi) is 4.49. The van der Waals surface area contributed by atoms with Gasteiger partial charge in [-0.3, -0.25) is 0 Å². The second-order valence-corrected chi connectivity index (χ2v) is 5.25.